The lowest BCUT2D eigenvalue weighted by atomic mass is 9.64. The molecule has 5 heteroatoms. The maximum Gasteiger partial charge on any atom is 0.338 e. The molecule has 0 saturated heterocycles. The van der Waals surface area contributed by atoms with Crippen molar-refractivity contribution < 1.29 is 18.9 Å². The molecule has 0 unspecified atom stereocenters. The van der Waals surface area contributed by atoms with Crippen LogP contribution in [0.2, 0.25) is 6.82 Å². The summed E-state index contributed by atoms with van der Waals surface area (Å²) < 4.78 is 16.5. The molecule has 0 aliphatic carbocycles. The first-order valence-electron chi connectivity index (χ1n) is 7.87. The van der Waals surface area contributed by atoms with Crippen LogP contribution in [0.4, 0.5) is 0 Å². The van der Waals surface area contributed by atoms with Gasteiger partial charge in [0.15, 0.2) is 0 Å². The summed E-state index contributed by atoms with van der Waals surface area (Å²) in [5.41, 5.74) is 2.91. The highest BCUT2D eigenvalue weighted by molar-refractivity contribution is 6.67. The van der Waals surface area contributed by atoms with E-state index in [-0.39, 0.29) is 12.9 Å². The molecule has 1 heterocycles. The zero-order valence-corrected chi connectivity index (χ0v) is 13.4. The van der Waals surface area contributed by atoms with Gasteiger partial charge in [0.25, 0.3) is 0 Å². The van der Waals surface area contributed by atoms with Crippen LogP contribution in [-0.4, -0.2) is 19.5 Å². The fraction of sp³-hybridized carbons (Fsp3) is 0.278. The minimum absolute atomic E-state index is 0.146. The molecule has 3 rings (SSSR count). The van der Waals surface area contributed by atoms with Gasteiger partial charge in [0.05, 0.1) is 18.8 Å². The van der Waals surface area contributed by atoms with Crippen molar-refractivity contribution in [2.45, 2.75) is 26.8 Å². The van der Waals surface area contributed by atoms with Gasteiger partial charge in [-0.15, -0.1) is 0 Å². The van der Waals surface area contributed by atoms with E-state index in [0.717, 1.165) is 17.7 Å². The molecule has 0 saturated carbocycles. The highest BCUT2D eigenvalue weighted by Crippen LogP contribution is 2.24. The van der Waals surface area contributed by atoms with Gasteiger partial charge in [-0.05, 0) is 53.8 Å². The van der Waals surface area contributed by atoms with E-state index in [0.29, 0.717) is 24.5 Å². The Hall–Kier alpha value is -2.27. The fourth-order valence-corrected chi connectivity index (χ4v) is 2.54. The van der Waals surface area contributed by atoms with E-state index in [1.807, 2.05) is 31.9 Å². The minimum atomic E-state index is -0.304. The molecule has 0 spiro atoms. The maximum absolute atomic E-state index is 11.8. The van der Waals surface area contributed by atoms with Crippen LogP contribution in [0.15, 0.2) is 42.5 Å². The number of esters is 1. The van der Waals surface area contributed by atoms with Crippen LogP contribution in [0.5, 0.6) is 11.5 Å². The van der Waals surface area contributed by atoms with Crippen LogP contribution in [0.3, 0.4) is 0 Å². The third-order valence-electron chi connectivity index (χ3n) is 3.80. The minimum Gasteiger partial charge on any atom is -0.462 e. The Morgan fingerprint density at radius 2 is 1.91 bits per heavy atom. The van der Waals surface area contributed by atoms with Crippen molar-refractivity contribution in [1.29, 1.82) is 0 Å². The Kier molecular flexibility index (Phi) is 4.67. The normalized spacial score (nSPS) is 12.9. The van der Waals surface area contributed by atoms with Gasteiger partial charge in [-0.1, -0.05) is 19.8 Å². The van der Waals surface area contributed by atoms with Crippen LogP contribution in [0.1, 0.15) is 29.3 Å². The van der Waals surface area contributed by atoms with Crippen LogP contribution < -0.4 is 10.2 Å². The zero-order valence-electron chi connectivity index (χ0n) is 13.4. The van der Waals surface area contributed by atoms with Gasteiger partial charge in [0.2, 0.25) is 0 Å². The highest BCUT2D eigenvalue weighted by atomic mass is 16.5. The number of ether oxygens (including phenoxy) is 2. The van der Waals surface area contributed by atoms with E-state index in [2.05, 4.69) is 0 Å². The number of carbonyl (C=O) groups is 1. The quantitative estimate of drug-likeness (QED) is 0.627. The molecule has 0 bridgehead atoms. The summed E-state index contributed by atoms with van der Waals surface area (Å²) in [5, 5.41) is 0. The van der Waals surface area contributed by atoms with Crippen molar-refractivity contribution in [3.8, 4) is 11.5 Å². The summed E-state index contributed by atoms with van der Waals surface area (Å²) in [6, 6.07) is 13.0. The second kappa shape index (κ2) is 6.88. The van der Waals surface area contributed by atoms with E-state index in [4.69, 9.17) is 14.1 Å². The second-order valence-electron chi connectivity index (χ2n) is 5.58. The first-order chi connectivity index (χ1) is 11.2. The lowest BCUT2D eigenvalue weighted by Crippen LogP contribution is -2.23. The number of benzene rings is 2. The van der Waals surface area contributed by atoms with E-state index >= 15 is 0 Å². The number of carbonyl (C=O) groups excluding carboxylic acids is 1. The summed E-state index contributed by atoms with van der Waals surface area (Å²) in [4.78, 5) is 11.8. The second-order valence-corrected chi connectivity index (χ2v) is 5.58. The SMILES string of the molecule is CCCOC(=O)c1ccc(Oc2ccc3c(c2)COB3C)cc1. The van der Waals surface area contributed by atoms with Gasteiger partial charge in [-0.3, -0.25) is 0 Å². The number of hydrogen-bond acceptors (Lipinski definition) is 4. The van der Waals surface area contributed by atoms with Crippen LogP contribution >= 0.6 is 0 Å². The van der Waals surface area contributed by atoms with Gasteiger partial charge >= 0.3 is 12.9 Å². The molecule has 2 aromatic rings. The van der Waals surface area contributed by atoms with Gasteiger partial charge in [-0.2, -0.15) is 0 Å². The number of hydrogen-bond donors (Lipinski definition) is 0. The monoisotopic (exact) mass is 310 g/mol. The first-order valence-corrected chi connectivity index (χ1v) is 7.87. The summed E-state index contributed by atoms with van der Waals surface area (Å²) in [6.07, 6.45) is 0.813. The Morgan fingerprint density at radius 3 is 2.65 bits per heavy atom. The topological polar surface area (TPSA) is 44.8 Å². The van der Waals surface area contributed by atoms with E-state index in [1.54, 1.807) is 24.3 Å². The molecule has 0 radical (unpaired) electrons. The zero-order chi connectivity index (χ0) is 16.2. The van der Waals surface area contributed by atoms with Crippen LogP contribution in [-0.2, 0) is 16.0 Å². The molecular formula is C18H19BO4. The highest BCUT2D eigenvalue weighted by Gasteiger charge is 2.23. The van der Waals surface area contributed by atoms with E-state index in [9.17, 15) is 4.79 Å². The van der Waals surface area contributed by atoms with Gasteiger partial charge in [0.1, 0.15) is 11.5 Å². The molecule has 4 nitrogen and oxygen atoms in total. The van der Waals surface area contributed by atoms with Gasteiger partial charge < -0.3 is 14.1 Å². The summed E-state index contributed by atoms with van der Waals surface area (Å²) in [5.74, 6) is 1.15. The predicted octanol–water partition coefficient (Wildman–Crippen LogP) is 3.40. The number of rotatable bonds is 5. The van der Waals surface area contributed by atoms with Crippen molar-refractivity contribution >= 4 is 18.3 Å². The molecular weight excluding hydrogens is 291 g/mol. The van der Waals surface area contributed by atoms with Crippen molar-refractivity contribution in [2.24, 2.45) is 0 Å². The molecule has 1 aliphatic rings. The van der Waals surface area contributed by atoms with Crippen molar-refractivity contribution in [3.05, 3.63) is 53.6 Å². The maximum atomic E-state index is 11.8. The lowest BCUT2D eigenvalue weighted by Gasteiger charge is -2.08. The summed E-state index contributed by atoms with van der Waals surface area (Å²) >= 11 is 0. The van der Waals surface area contributed by atoms with Crippen molar-refractivity contribution in [3.63, 3.8) is 0 Å². The molecule has 23 heavy (non-hydrogen) atoms. The number of fused-ring (bicyclic) bond motifs is 1. The molecule has 118 valence electrons. The molecule has 1 aliphatic heterocycles. The largest absolute Gasteiger partial charge is 0.462 e. The first kappa shape index (κ1) is 15.6. The fourth-order valence-electron chi connectivity index (χ4n) is 2.54. The molecule has 2 aromatic carbocycles. The summed E-state index contributed by atoms with van der Waals surface area (Å²) in [6.45, 7) is 5.21. The average Bonchev–Trinajstić information content (AvgIpc) is 2.94. The third kappa shape index (κ3) is 3.56. The summed E-state index contributed by atoms with van der Waals surface area (Å²) in [7, 11) is 0. The smallest absolute Gasteiger partial charge is 0.338 e. The Labute approximate surface area is 136 Å². The predicted molar refractivity (Wildman–Crippen MR) is 89.6 cm³/mol. The van der Waals surface area contributed by atoms with Crippen LogP contribution in [0.25, 0.3) is 0 Å². The molecule has 0 N–H and O–H groups in total. The third-order valence-corrected chi connectivity index (χ3v) is 3.80. The van der Waals surface area contributed by atoms with E-state index < -0.39 is 0 Å². The van der Waals surface area contributed by atoms with Crippen molar-refractivity contribution in [2.75, 3.05) is 6.61 Å². The molecule has 0 fully saturated rings. The van der Waals surface area contributed by atoms with Gasteiger partial charge in [-0.25, -0.2) is 4.79 Å². The van der Waals surface area contributed by atoms with Crippen LogP contribution in [0, 0.1) is 0 Å². The molecule has 0 amide bonds. The Bertz CT molecular complexity index is 697. The Balaban J connectivity index is 1.68. The average molecular weight is 310 g/mol. The van der Waals surface area contributed by atoms with Gasteiger partial charge in [0, 0.05) is 0 Å². The molecule has 0 aromatic heterocycles. The lowest BCUT2D eigenvalue weighted by molar-refractivity contribution is 0.0505. The standard InChI is InChI=1S/C18H19BO4/c1-3-10-21-18(20)13-4-6-15(7-5-13)23-16-8-9-17-14(11-16)12-22-19(17)2/h4-9,11H,3,10,12H2,1-2H3. The van der Waals surface area contributed by atoms with E-state index in [1.165, 1.54) is 5.46 Å². The van der Waals surface area contributed by atoms with Crippen molar-refractivity contribution in [1.82, 2.24) is 0 Å². The molecule has 0 atom stereocenters. The Morgan fingerprint density at radius 1 is 1.17 bits per heavy atom.